The van der Waals surface area contributed by atoms with Crippen molar-refractivity contribution in [1.82, 2.24) is 0 Å². The first-order valence-corrected chi connectivity index (χ1v) is 16.2. The Morgan fingerprint density at radius 1 is 0.644 bits per heavy atom. The first-order chi connectivity index (χ1) is 20.7. The number of carbonyl (C=O) groups is 1. The van der Waals surface area contributed by atoms with E-state index in [1.165, 1.54) is 24.3 Å². The standard InChI is InChI=1S/C15H14O3S3.C15H12O2S2.Ni.O3S/c1-10-2-4-11(5-3-10)14(19)15(20)12-6-8-13(9-7-12)21(16,17)18;16-10-17-13-8-6-12(7-9-13)15(19)14(18)11-4-2-1-3-5-11;;1-4(2)3/h2-9,19-20H,1H3,(H,16,17,18);1-10,18-19H;;/p-4. The van der Waals surface area contributed by atoms with Crippen LogP contribution in [0.1, 0.15) is 27.8 Å². The van der Waals surface area contributed by atoms with Gasteiger partial charge in [0.2, 0.25) is 0 Å². The summed E-state index contributed by atoms with van der Waals surface area (Å²) in [5.41, 5.74) is 4.38. The number of rotatable bonds is 7. The summed E-state index contributed by atoms with van der Waals surface area (Å²) in [6, 6.07) is 29.9. The Morgan fingerprint density at radius 3 is 1.33 bits per heavy atom. The molecule has 15 heteroatoms. The van der Waals surface area contributed by atoms with Crippen molar-refractivity contribution in [2.75, 3.05) is 0 Å². The van der Waals surface area contributed by atoms with Gasteiger partial charge >= 0.3 is 10.6 Å². The Labute approximate surface area is 295 Å². The summed E-state index contributed by atoms with van der Waals surface area (Å²) in [5.74, 6) is 0.479. The van der Waals surface area contributed by atoms with E-state index in [0.29, 0.717) is 37.4 Å². The molecule has 0 aliphatic rings. The molecule has 240 valence electrons. The van der Waals surface area contributed by atoms with Crippen LogP contribution in [0.3, 0.4) is 0 Å². The van der Waals surface area contributed by atoms with Gasteiger partial charge in [0.1, 0.15) is 5.75 Å². The Bertz CT molecular complexity index is 1840. The van der Waals surface area contributed by atoms with E-state index >= 15 is 0 Å². The largest absolute Gasteiger partial charge is 0.781 e. The van der Waals surface area contributed by atoms with Crippen molar-refractivity contribution in [2.45, 2.75) is 11.8 Å². The molecule has 0 fully saturated rings. The molecule has 0 aliphatic heterocycles. The second-order valence-electron chi connectivity index (χ2n) is 8.49. The minimum absolute atomic E-state index is 0. The van der Waals surface area contributed by atoms with E-state index in [1.54, 1.807) is 24.3 Å². The van der Waals surface area contributed by atoms with Crippen molar-refractivity contribution in [3.05, 3.63) is 131 Å². The third-order valence-electron chi connectivity index (χ3n) is 5.48. The smallest absolute Gasteiger partial charge is 0.425 e. The molecule has 4 aromatic carbocycles. The van der Waals surface area contributed by atoms with Crippen LogP contribution in [0.5, 0.6) is 5.75 Å². The van der Waals surface area contributed by atoms with E-state index in [9.17, 15) is 13.2 Å². The SMILES string of the molecule is Cc1ccc(C([S-])=C([S-])c2ccc(S(=O)(=O)O)cc2)cc1.O=COc1ccc(C([S-])=C([S-])c2ccccc2)cc1.O=S(=O)=O.[Ni]. The fourth-order valence-corrected chi connectivity index (χ4v) is 4.83. The predicted molar refractivity (Wildman–Crippen MR) is 180 cm³/mol. The molecule has 45 heavy (non-hydrogen) atoms. The first-order valence-electron chi connectivity index (χ1n) is 12.1. The average Bonchev–Trinajstić information content (AvgIpc) is 3.01. The van der Waals surface area contributed by atoms with Crippen molar-refractivity contribution in [1.29, 1.82) is 0 Å². The van der Waals surface area contributed by atoms with Crippen LogP contribution in [-0.4, -0.2) is 32.1 Å². The van der Waals surface area contributed by atoms with Gasteiger partial charge < -0.3 is 55.3 Å². The van der Waals surface area contributed by atoms with Gasteiger partial charge in [0.15, 0.2) is 0 Å². The minimum atomic E-state index is -4.20. The number of hydrogen-bond donors (Lipinski definition) is 1. The molecule has 4 aromatic rings. The van der Waals surface area contributed by atoms with Crippen LogP contribution in [0.15, 0.2) is 108 Å². The average molecular weight is 762 g/mol. The summed E-state index contributed by atoms with van der Waals surface area (Å²) in [7, 11) is -7.31. The fraction of sp³-hybridized carbons (Fsp3) is 0.0333. The minimum Gasteiger partial charge on any atom is -0.781 e. The summed E-state index contributed by atoms with van der Waals surface area (Å²) >= 11 is 21.5. The number of carbonyl (C=O) groups excluding carboxylic acids is 1. The second-order valence-corrected chi connectivity index (χ2v) is 12.0. The number of hydrogen-bond acceptors (Lipinski definition) is 11. The van der Waals surface area contributed by atoms with Crippen LogP contribution >= 0.6 is 0 Å². The van der Waals surface area contributed by atoms with Gasteiger partial charge in [-0.25, -0.2) is 0 Å². The number of benzene rings is 4. The van der Waals surface area contributed by atoms with Crippen LogP contribution in [0.25, 0.3) is 19.6 Å². The quantitative estimate of drug-likeness (QED) is 0.0863. The van der Waals surface area contributed by atoms with E-state index in [2.05, 4.69) is 0 Å². The van der Waals surface area contributed by atoms with E-state index in [1.807, 2.05) is 61.5 Å². The topological polar surface area (TPSA) is 132 Å². The van der Waals surface area contributed by atoms with E-state index in [-0.39, 0.29) is 21.4 Å². The number of aryl methyl sites for hydroxylation is 1. The third kappa shape index (κ3) is 13.3. The zero-order valence-electron chi connectivity index (χ0n) is 23.0. The summed E-state index contributed by atoms with van der Waals surface area (Å²) in [5, 5.41) is 0. The van der Waals surface area contributed by atoms with Gasteiger partial charge in [0.25, 0.3) is 16.6 Å². The van der Waals surface area contributed by atoms with Gasteiger partial charge in [0.05, 0.1) is 4.90 Å². The van der Waals surface area contributed by atoms with Gasteiger partial charge in [-0.2, -0.15) is 28.0 Å². The molecule has 0 aliphatic carbocycles. The van der Waals surface area contributed by atoms with E-state index in [4.69, 9.17) is 72.4 Å². The molecule has 0 bridgehead atoms. The van der Waals surface area contributed by atoms with Crippen molar-refractivity contribution in [2.24, 2.45) is 0 Å². The zero-order chi connectivity index (χ0) is 32.9. The van der Waals surface area contributed by atoms with Crippen LogP contribution in [0.4, 0.5) is 0 Å². The summed E-state index contributed by atoms with van der Waals surface area (Å²) in [6.45, 7) is 2.38. The molecule has 0 saturated carbocycles. The first kappa shape index (κ1) is 39.8. The normalized spacial score (nSPS) is 11.4. The van der Waals surface area contributed by atoms with Crippen molar-refractivity contribution >= 4 is 97.3 Å². The van der Waals surface area contributed by atoms with Crippen LogP contribution in [0.2, 0.25) is 0 Å². The summed E-state index contributed by atoms with van der Waals surface area (Å²) < 4.78 is 61.0. The molecule has 0 spiro atoms. The maximum Gasteiger partial charge on any atom is 0.425 e. The van der Waals surface area contributed by atoms with Crippen LogP contribution < -0.4 is 4.74 Å². The Balaban J connectivity index is 0.000000396. The van der Waals surface area contributed by atoms with Crippen LogP contribution in [-0.2, 0) is 92.5 Å². The van der Waals surface area contributed by atoms with Crippen molar-refractivity contribution < 1.29 is 51.6 Å². The molecular weight excluding hydrogens is 739 g/mol. The predicted octanol–water partition coefficient (Wildman–Crippen LogP) is 5.30. The Kier molecular flexibility index (Phi) is 17.0. The fourth-order valence-electron chi connectivity index (χ4n) is 3.34. The monoisotopic (exact) mass is 760 g/mol. The van der Waals surface area contributed by atoms with Gasteiger partial charge in [-0.3, -0.25) is 9.35 Å². The summed E-state index contributed by atoms with van der Waals surface area (Å²) in [4.78, 5) is 12.3. The molecule has 0 radical (unpaired) electrons. The molecule has 0 heterocycles. The van der Waals surface area contributed by atoms with Crippen molar-refractivity contribution in [3.8, 4) is 5.75 Å². The maximum atomic E-state index is 11.0. The molecule has 1 N–H and O–H groups in total. The second kappa shape index (κ2) is 19.3. The van der Waals surface area contributed by atoms with E-state index in [0.717, 1.165) is 22.3 Å². The Morgan fingerprint density at radius 2 is 0.978 bits per heavy atom. The summed E-state index contributed by atoms with van der Waals surface area (Å²) in [6.07, 6.45) is 0. The molecule has 0 atom stereocenters. The Hall–Kier alpha value is -3.27. The van der Waals surface area contributed by atoms with Gasteiger partial charge in [-0.15, -0.1) is 12.6 Å². The van der Waals surface area contributed by atoms with Gasteiger partial charge in [-0.1, -0.05) is 84.4 Å². The molecular formula is C30H22NiO8S6-4. The molecule has 4 rings (SSSR count). The van der Waals surface area contributed by atoms with Gasteiger partial charge in [0, 0.05) is 16.5 Å². The third-order valence-corrected chi connectivity index (χ3v) is 8.36. The molecule has 8 nitrogen and oxygen atoms in total. The maximum absolute atomic E-state index is 11.0. The van der Waals surface area contributed by atoms with E-state index < -0.39 is 20.7 Å². The van der Waals surface area contributed by atoms with Crippen LogP contribution in [0, 0.1) is 6.92 Å². The zero-order valence-corrected chi connectivity index (χ0v) is 28.8. The molecule has 0 unspecified atom stereocenters. The molecule has 0 saturated heterocycles. The van der Waals surface area contributed by atoms with Gasteiger partial charge in [-0.05, 0) is 53.4 Å². The number of ether oxygens (including phenoxy) is 1. The van der Waals surface area contributed by atoms with Crippen molar-refractivity contribution in [3.63, 3.8) is 0 Å². The molecule has 0 amide bonds. The molecule has 0 aromatic heterocycles.